The second-order valence-corrected chi connectivity index (χ2v) is 5.88. The Morgan fingerprint density at radius 1 is 1.30 bits per heavy atom. The van der Waals surface area contributed by atoms with Gasteiger partial charge in [0.1, 0.15) is 6.10 Å². The van der Waals surface area contributed by atoms with Crippen LogP contribution in [0.1, 0.15) is 24.3 Å². The van der Waals surface area contributed by atoms with Gasteiger partial charge in [0.25, 0.3) is 0 Å². The SMILES string of the molecule is COc1cccc(C2CCCNC2)c1OC1CN(C)C1. The van der Waals surface area contributed by atoms with Gasteiger partial charge in [-0.1, -0.05) is 12.1 Å². The predicted octanol–water partition coefficient (Wildman–Crippen LogP) is 1.85. The Kier molecular flexibility index (Phi) is 4.13. The molecule has 0 amide bonds. The number of hydrogen-bond donors (Lipinski definition) is 1. The topological polar surface area (TPSA) is 33.7 Å². The van der Waals surface area contributed by atoms with Gasteiger partial charge >= 0.3 is 0 Å². The molecule has 1 unspecified atom stereocenters. The van der Waals surface area contributed by atoms with Crippen molar-refractivity contribution in [2.24, 2.45) is 0 Å². The van der Waals surface area contributed by atoms with Gasteiger partial charge in [-0.25, -0.2) is 0 Å². The third-order valence-corrected chi connectivity index (χ3v) is 4.28. The Morgan fingerprint density at radius 2 is 2.15 bits per heavy atom. The first-order chi connectivity index (χ1) is 9.78. The molecule has 0 aliphatic carbocycles. The molecule has 0 radical (unpaired) electrons. The Morgan fingerprint density at radius 3 is 2.80 bits per heavy atom. The van der Waals surface area contributed by atoms with Gasteiger partial charge in [-0.3, -0.25) is 4.90 Å². The number of methoxy groups -OCH3 is 1. The average molecular weight is 276 g/mol. The minimum Gasteiger partial charge on any atom is -0.493 e. The zero-order valence-corrected chi connectivity index (χ0v) is 12.4. The largest absolute Gasteiger partial charge is 0.493 e. The maximum atomic E-state index is 6.23. The molecule has 0 spiro atoms. The maximum Gasteiger partial charge on any atom is 0.165 e. The van der Waals surface area contributed by atoms with Gasteiger partial charge < -0.3 is 14.8 Å². The van der Waals surface area contributed by atoms with Crippen LogP contribution in [0.4, 0.5) is 0 Å². The standard InChI is InChI=1S/C16H24N2O2/c1-18-10-13(11-18)20-16-14(6-3-7-15(16)19-2)12-5-4-8-17-9-12/h3,6-7,12-13,17H,4-5,8-11H2,1-2H3. The van der Waals surface area contributed by atoms with E-state index in [1.807, 2.05) is 6.07 Å². The molecule has 1 aromatic carbocycles. The Labute approximate surface area is 121 Å². The van der Waals surface area contributed by atoms with Crippen molar-refractivity contribution in [3.63, 3.8) is 0 Å². The van der Waals surface area contributed by atoms with E-state index < -0.39 is 0 Å². The normalized spacial score (nSPS) is 24.2. The predicted molar refractivity (Wildman–Crippen MR) is 79.8 cm³/mol. The van der Waals surface area contributed by atoms with Gasteiger partial charge in [0, 0.05) is 31.1 Å². The molecule has 1 atom stereocenters. The van der Waals surface area contributed by atoms with Crippen molar-refractivity contribution >= 4 is 0 Å². The third kappa shape index (κ3) is 2.76. The minimum atomic E-state index is 0.298. The van der Waals surface area contributed by atoms with E-state index in [0.29, 0.717) is 12.0 Å². The van der Waals surface area contributed by atoms with Crippen molar-refractivity contribution < 1.29 is 9.47 Å². The van der Waals surface area contributed by atoms with Gasteiger partial charge in [0.15, 0.2) is 11.5 Å². The number of ether oxygens (including phenoxy) is 2. The first-order valence-corrected chi connectivity index (χ1v) is 7.50. The lowest BCUT2D eigenvalue weighted by molar-refractivity contribution is 0.0359. The number of hydrogen-bond acceptors (Lipinski definition) is 4. The molecule has 2 aliphatic heterocycles. The molecule has 0 aromatic heterocycles. The number of para-hydroxylation sites is 1. The molecular formula is C16H24N2O2. The summed E-state index contributed by atoms with van der Waals surface area (Å²) in [5, 5.41) is 3.48. The quantitative estimate of drug-likeness (QED) is 0.910. The fourth-order valence-corrected chi connectivity index (χ4v) is 3.14. The Balaban J connectivity index is 1.83. The summed E-state index contributed by atoms with van der Waals surface area (Å²) in [7, 11) is 3.84. The number of likely N-dealkylation sites (N-methyl/N-ethyl adjacent to an activating group) is 1. The van der Waals surface area contributed by atoms with Crippen molar-refractivity contribution in [3.8, 4) is 11.5 Å². The van der Waals surface area contributed by atoms with E-state index in [0.717, 1.165) is 37.7 Å². The van der Waals surface area contributed by atoms with Crippen LogP contribution < -0.4 is 14.8 Å². The molecule has 1 N–H and O–H groups in total. The highest BCUT2D eigenvalue weighted by Gasteiger charge is 2.28. The minimum absolute atomic E-state index is 0.298. The van der Waals surface area contributed by atoms with E-state index in [1.165, 1.54) is 18.4 Å². The van der Waals surface area contributed by atoms with Crippen LogP contribution in [0, 0.1) is 0 Å². The second-order valence-electron chi connectivity index (χ2n) is 5.88. The number of benzene rings is 1. The second kappa shape index (κ2) is 6.02. The molecule has 2 aliphatic rings. The molecule has 2 saturated heterocycles. The summed E-state index contributed by atoms with van der Waals surface area (Å²) in [4.78, 5) is 2.27. The zero-order chi connectivity index (χ0) is 13.9. The van der Waals surface area contributed by atoms with Gasteiger partial charge in [-0.15, -0.1) is 0 Å². The van der Waals surface area contributed by atoms with Crippen LogP contribution in [-0.2, 0) is 0 Å². The molecule has 0 saturated carbocycles. The maximum absolute atomic E-state index is 6.23. The first kappa shape index (κ1) is 13.7. The molecular weight excluding hydrogens is 252 g/mol. The summed E-state index contributed by atoms with van der Waals surface area (Å²) in [5.41, 5.74) is 1.30. The van der Waals surface area contributed by atoms with Gasteiger partial charge in [0.2, 0.25) is 0 Å². The van der Waals surface area contributed by atoms with Gasteiger partial charge in [-0.2, -0.15) is 0 Å². The van der Waals surface area contributed by atoms with E-state index in [2.05, 4.69) is 29.4 Å². The number of nitrogens with one attached hydrogen (secondary N) is 1. The van der Waals surface area contributed by atoms with Crippen LogP contribution in [0.15, 0.2) is 18.2 Å². The highest BCUT2D eigenvalue weighted by Crippen LogP contribution is 2.39. The van der Waals surface area contributed by atoms with Crippen molar-refractivity contribution in [2.75, 3.05) is 40.3 Å². The zero-order valence-electron chi connectivity index (χ0n) is 12.4. The van der Waals surface area contributed by atoms with E-state index in [4.69, 9.17) is 9.47 Å². The molecule has 110 valence electrons. The van der Waals surface area contributed by atoms with Gasteiger partial charge in [-0.05, 0) is 32.5 Å². The molecule has 1 aromatic rings. The number of piperidine rings is 1. The highest BCUT2D eigenvalue weighted by atomic mass is 16.5. The monoisotopic (exact) mass is 276 g/mol. The number of nitrogens with zero attached hydrogens (tertiary/aromatic N) is 1. The smallest absolute Gasteiger partial charge is 0.165 e. The lowest BCUT2D eigenvalue weighted by atomic mass is 9.90. The lowest BCUT2D eigenvalue weighted by Crippen LogP contribution is -2.51. The molecule has 2 heterocycles. The molecule has 4 nitrogen and oxygen atoms in total. The molecule has 20 heavy (non-hydrogen) atoms. The summed E-state index contributed by atoms with van der Waals surface area (Å²) in [5.74, 6) is 2.36. The van der Waals surface area contributed by atoms with Crippen LogP contribution >= 0.6 is 0 Å². The van der Waals surface area contributed by atoms with E-state index in [-0.39, 0.29) is 0 Å². The van der Waals surface area contributed by atoms with E-state index in [1.54, 1.807) is 7.11 Å². The van der Waals surface area contributed by atoms with E-state index >= 15 is 0 Å². The molecule has 2 fully saturated rings. The summed E-state index contributed by atoms with van der Waals surface area (Å²) in [6.07, 6.45) is 2.75. The first-order valence-electron chi connectivity index (χ1n) is 7.50. The third-order valence-electron chi connectivity index (χ3n) is 4.28. The van der Waals surface area contributed by atoms with Crippen molar-refractivity contribution in [3.05, 3.63) is 23.8 Å². The van der Waals surface area contributed by atoms with E-state index in [9.17, 15) is 0 Å². The molecule has 0 bridgehead atoms. The highest BCUT2D eigenvalue weighted by molar-refractivity contribution is 5.49. The van der Waals surface area contributed by atoms with Crippen LogP contribution in [0.2, 0.25) is 0 Å². The van der Waals surface area contributed by atoms with Crippen molar-refractivity contribution in [2.45, 2.75) is 24.9 Å². The van der Waals surface area contributed by atoms with Crippen LogP contribution in [-0.4, -0.2) is 51.3 Å². The molecule has 3 rings (SSSR count). The fraction of sp³-hybridized carbons (Fsp3) is 0.625. The summed E-state index contributed by atoms with van der Waals surface area (Å²) >= 11 is 0. The Hall–Kier alpha value is -1.26. The average Bonchev–Trinajstić information content (AvgIpc) is 2.46. The van der Waals surface area contributed by atoms with Crippen LogP contribution in [0.25, 0.3) is 0 Å². The number of rotatable bonds is 4. The lowest BCUT2D eigenvalue weighted by Gasteiger charge is -2.37. The van der Waals surface area contributed by atoms with Gasteiger partial charge in [0.05, 0.1) is 7.11 Å². The van der Waals surface area contributed by atoms with Crippen molar-refractivity contribution in [1.82, 2.24) is 10.2 Å². The number of likely N-dealkylation sites (tertiary alicyclic amines) is 1. The van der Waals surface area contributed by atoms with Crippen LogP contribution in [0.3, 0.4) is 0 Å². The summed E-state index contributed by atoms with van der Waals surface area (Å²) < 4.78 is 11.7. The molecule has 4 heteroatoms. The van der Waals surface area contributed by atoms with Crippen molar-refractivity contribution in [1.29, 1.82) is 0 Å². The summed E-state index contributed by atoms with van der Waals surface area (Å²) in [6, 6.07) is 6.26. The Bertz CT molecular complexity index is 452. The fourth-order valence-electron chi connectivity index (χ4n) is 3.14. The van der Waals surface area contributed by atoms with Crippen LogP contribution in [0.5, 0.6) is 11.5 Å². The summed E-state index contributed by atoms with van der Waals surface area (Å²) in [6.45, 7) is 4.17.